The predicted octanol–water partition coefficient (Wildman–Crippen LogP) is 4.72. The normalized spacial score (nSPS) is 28.0. The zero-order chi connectivity index (χ0) is 31.5. The van der Waals surface area contributed by atoms with Gasteiger partial charge in [0, 0.05) is 49.0 Å². The number of carbonyl (C=O) groups excluding carboxylic acids is 1. The minimum Gasteiger partial charge on any atom is -0.478 e. The van der Waals surface area contributed by atoms with Crippen LogP contribution in [-0.4, -0.2) is 82.8 Å². The van der Waals surface area contributed by atoms with Gasteiger partial charge in [-0.2, -0.15) is 0 Å². The van der Waals surface area contributed by atoms with E-state index in [1.165, 1.54) is 11.1 Å². The molecule has 0 bridgehead atoms. The Kier molecular flexibility index (Phi) is 6.98. The van der Waals surface area contributed by atoms with Crippen LogP contribution >= 0.6 is 0 Å². The molecule has 0 spiro atoms. The Morgan fingerprint density at radius 3 is 1.76 bits per heavy atom. The van der Waals surface area contributed by atoms with Gasteiger partial charge in [0.15, 0.2) is 0 Å². The third kappa shape index (κ3) is 4.44. The van der Waals surface area contributed by atoms with Crippen LogP contribution in [0.15, 0.2) is 70.9 Å². The number of carboxylic acid groups (broad SMARTS) is 1. The molecule has 4 fully saturated rings. The zero-order valence-corrected chi connectivity index (χ0v) is 26.1. The number of rotatable bonds is 9. The van der Waals surface area contributed by atoms with Crippen molar-refractivity contribution in [1.29, 1.82) is 0 Å². The summed E-state index contributed by atoms with van der Waals surface area (Å²) in [5.41, 5.74) is 4.84. The number of aromatic nitrogens is 2. The molecule has 1 N–H and O–H groups in total. The number of aromatic carboxylic acids is 1. The van der Waals surface area contributed by atoms with Gasteiger partial charge in [0.2, 0.25) is 0 Å². The van der Waals surface area contributed by atoms with Crippen molar-refractivity contribution < 1.29 is 19.4 Å². The second-order valence-electron chi connectivity index (χ2n) is 12.6. The molecule has 0 radical (unpaired) electrons. The lowest BCUT2D eigenvalue weighted by molar-refractivity contribution is 0.0378. The number of carbonyl (C=O) groups is 2. The summed E-state index contributed by atoms with van der Waals surface area (Å²) in [6, 6.07) is 16.0. The molecule has 232 valence electrons. The van der Waals surface area contributed by atoms with E-state index < -0.39 is 5.97 Å². The zero-order valence-electron chi connectivity index (χ0n) is 26.1. The number of esters is 1. The smallest absolute Gasteiger partial charge is 0.342 e. The predicted molar refractivity (Wildman–Crippen MR) is 173 cm³/mol. The molecule has 1 aromatic carbocycles. The molecule has 2 aliphatic carbocycles. The van der Waals surface area contributed by atoms with Crippen LogP contribution in [0.4, 0.5) is 11.6 Å². The number of fused-ring (bicyclic) bond motifs is 2. The van der Waals surface area contributed by atoms with E-state index in [4.69, 9.17) is 14.7 Å². The number of hydrogen-bond donors (Lipinski definition) is 1. The van der Waals surface area contributed by atoms with Crippen molar-refractivity contribution in [2.45, 2.75) is 69.6 Å². The maximum absolute atomic E-state index is 13.0. The number of hydrogen-bond acceptors (Lipinski definition) is 9. The standard InChI is InChI=1S/C35H38N6O4/c1-5-36-26-19-40(30-24(32(42)43)9-7-15-38-30)28-17-34(26,28)22-11-13-23(14-12-22)35-18-29(35)41(20-27(35)37-6-2)31-25(10-8-16-39-31)33(44)45-21(3)4/h7-16,21,28-29H,5-6,17-20H2,1-4H3,(H,42,43)/t28?,29-,34-,35-/m0/s1. The molecule has 3 aromatic rings. The molecular formula is C35H38N6O4. The summed E-state index contributed by atoms with van der Waals surface area (Å²) in [4.78, 5) is 48.3. The first-order chi connectivity index (χ1) is 21.8. The first-order valence-electron chi connectivity index (χ1n) is 15.8. The minimum atomic E-state index is -0.974. The van der Waals surface area contributed by atoms with Crippen LogP contribution in [-0.2, 0) is 15.6 Å². The number of benzene rings is 1. The largest absolute Gasteiger partial charge is 0.478 e. The van der Waals surface area contributed by atoms with Crippen molar-refractivity contribution in [3.8, 4) is 0 Å². The lowest BCUT2D eigenvalue weighted by atomic mass is 9.86. The quantitative estimate of drug-likeness (QED) is 0.348. The van der Waals surface area contributed by atoms with E-state index in [2.05, 4.69) is 51.0 Å². The second-order valence-corrected chi connectivity index (χ2v) is 12.6. The molecule has 4 heterocycles. The molecule has 45 heavy (non-hydrogen) atoms. The van der Waals surface area contributed by atoms with Crippen molar-refractivity contribution in [3.63, 3.8) is 0 Å². The fourth-order valence-electron chi connectivity index (χ4n) is 7.77. The van der Waals surface area contributed by atoms with E-state index in [1.54, 1.807) is 36.7 Å². The Balaban J connectivity index is 1.20. The van der Waals surface area contributed by atoms with Gasteiger partial charge in [0.25, 0.3) is 0 Å². The summed E-state index contributed by atoms with van der Waals surface area (Å²) >= 11 is 0. The Morgan fingerprint density at radius 1 is 0.844 bits per heavy atom. The molecule has 10 heteroatoms. The van der Waals surface area contributed by atoms with E-state index in [0.717, 1.165) is 24.3 Å². The number of pyridine rings is 2. The van der Waals surface area contributed by atoms with Crippen LogP contribution < -0.4 is 9.80 Å². The SMILES string of the molecule is CCN=C1CN(c2ncccc2C(=O)O)C2C[C@]12c1ccc([C@]23C[C@@H]2N(c2ncccc2C(=O)OC(C)C)CC3=NCC)cc1. The maximum atomic E-state index is 13.0. The van der Waals surface area contributed by atoms with Crippen molar-refractivity contribution >= 4 is 35.0 Å². The molecule has 0 amide bonds. The first kappa shape index (κ1) is 29.1. The van der Waals surface area contributed by atoms with Crippen LogP contribution in [0.3, 0.4) is 0 Å². The Hall–Kier alpha value is -4.60. The molecule has 2 aromatic heterocycles. The molecule has 2 saturated carbocycles. The Bertz CT molecular complexity index is 1740. The lowest BCUT2D eigenvalue weighted by Crippen LogP contribution is -2.28. The van der Waals surface area contributed by atoms with E-state index in [1.807, 2.05) is 20.8 Å². The van der Waals surface area contributed by atoms with Crippen molar-refractivity contribution in [1.82, 2.24) is 9.97 Å². The summed E-state index contributed by atoms with van der Waals surface area (Å²) in [5.74, 6) is -0.182. The van der Waals surface area contributed by atoms with Crippen LogP contribution in [0.5, 0.6) is 0 Å². The highest BCUT2D eigenvalue weighted by Crippen LogP contribution is 2.60. The fraction of sp³-hybridized carbons (Fsp3) is 0.429. The average molecular weight is 607 g/mol. The number of ether oxygens (including phenoxy) is 1. The van der Waals surface area contributed by atoms with Crippen molar-refractivity contribution in [3.05, 3.63) is 83.2 Å². The molecule has 4 atom stereocenters. The highest BCUT2D eigenvalue weighted by molar-refractivity contribution is 6.09. The summed E-state index contributed by atoms with van der Waals surface area (Å²) in [5, 5.41) is 9.83. The van der Waals surface area contributed by atoms with Gasteiger partial charge in [0.1, 0.15) is 22.8 Å². The Labute approximate surface area is 262 Å². The summed E-state index contributed by atoms with van der Waals surface area (Å²) < 4.78 is 5.54. The maximum Gasteiger partial charge on any atom is 0.342 e. The van der Waals surface area contributed by atoms with Gasteiger partial charge in [-0.25, -0.2) is 19.6 Å². The van der Waals surface area contributed by atoms with E-state index >= 15 is 0 Å². The van der Waals surface area contributed by atoms with Crippen molar-refractivity contribution in [2.75, 3.05) is 36.0 Å². The van der Waals surface area contributed by atoms with Gasteiger partial charge in [0.05, 0.1) is 30.0 Å². The number of piperidine rings is 2. The number of anilines is 2. The summed E-state index contributed by atoms with van der Waals surface area (Å²) in [7, 11) is 0. The monoisotopic (exact) mass is 606 g/mol. The number of nitrogens with zero attached hydrogens (tertiary/aromatic N) is 6. The van der Waals surface area contributed by atoms with Crippen LogP contribution in [0, 0.1) is 0 Å². The fourth-order valence-corrected chi connectivity index (χ4v) is 7.77. The summed E-state index contributed by atoms with van der Waals surface area (Å²) in [6.07, 6.45) is 4.94. The van der Waals surface area contributed by atoms with E-state index in [0.29, 0.717) is 43.4 Å². The van der Waals surface area contributed by atoms with Gasteiger partial charge in [-0.3, -0.25) is 9.98 Å². The molecule has 2 saturated heterocycles. The van der Waals surface area contributed by atoms with Gasteiger partial charge in [-0.1, -0.05) is 24.3 Å². The topological polar surface area (TPSA) is 121 Å². The molecule has 10 nitrogen and oxygen atoms in total. The van der Waals surface area contributed by atoms with Gasteiger partial charge < -0.3 is 19.6 Å². The highest BCUT2D eigenvalue weighted by Gasteiger charge is 2.68. The van der Waals surface area contributed by atoms with E-state index in [9.17, 15) is 14.7 Å². The molecule has 4 aliphatic rings. The Morgan fingerprint density at radius 2 is 1.31 bits per heavy atom. The molecule has 7 rings (SSSR count). The van der Waals surface area contributed by atoms with E-state index in [-0.39, 0.29) is 40.6 Å². The molecule has 1 unspecified atom stereocenters. The van der Waals surface area contributed by atoms with Crippen LogP contribution in [0.2, 0.25) is 0 Å². The van der Waals surface area contributed by atoms with Crippen molar-refractivity contribution in [2.24, 2.45) is 9.98 Å². The third-order valence-corrected chi connectivity index (χ3v) is 9.79. The van der Waals surface area contributed by atoms with Crippen LogP contribution in [0.1, 0.15) is 72.4 Å². The van der Waals surface area contributed by atoms with Gasteiger partial charge in [-0.15, -0.1) is 0 Å². The highest BCUT2D eigenvalue weighted by atomic mass is 16.5. The lowest BCUT2D eigenvalue weighted by Gasteiger charge is -2.21. The molecular weight excluding hydrogens is 568 g/mol. The molecule has 2 aliphatic heterocycles. The first-order valence-corrected chi connectivity index (χ1v) is 15.8. The van der Waals surface area contributed by atoms with Gasteiger partial charge >= 0.3 is 11.9 Å². The number of carboxylic acids is 1. The van der Waals surface area contributed by atoms with Gasteiger partial charge in [-0.05, 0) is 75.9 Å². The number of aliphatic imine (C=N–C) groups is 2. The summed E-state index contributed by atoms with van der Waals surface area (Å²) in [6.45, 7) is 10.3. The minimum absolute atomic E-state index is 0.112. The third-order valence-electron chi connectivity index (χ3n) is 9.79. The second kappa shape index (κ2) is 10.8. The average Bonchev–Trinajstić information content (AvgIpc) is 3.92. The van der Waals surface area contributed by atoms with Crippen LogP contribution in [0.25, 0.3) is 0 Å².